The predicted octanol–water partition coefficient (Wildman–Crippen LogP) is 2.54. The van der Waals surface area contributed by atoms with Crippen LogP contribution in [0.2, 0.25) is 5.02 Å². The molecule has 0 atom stereocenters. The summed E-state index contributed by atoms with van der Waals surface area (Å²) in [5.41, 5.74) is 12.0. The van der Waals surface area contributed by atoms with Gasteiger partial charge in [0.05, 0.1) is 22.5 Å². The highest BCUT2D eigenvalue weighted by atomic mass is 35.5. The van der Waals surface area contributed by atoms with Gasteiger partial charge in [-0.05, 0) is 13.0 Å². The van der Waals surface area contributed by atoms with Crippen LogP contribution in [0.25, 0.3) is 16.2 Å². The summed E-state index contributed by atoms with van der Waals surface area (Å²) in [5, 5.41) is 18.6. The second kappa shape index (κ2) is 6.49. The zero-order valence-corrected chi connectivity index (χ0v) is 14.5. The smallest absolute Gasteiger partial charge is 0.288 e. The highest BCUT2D eigenvalue weighted by Gasteiger charge is 2.19. The molecule has 0 saturated carbocycles. The molecule has 0 aliphatic rings. The Hall–Kier alpha value is -2.98. The minimum atomic E-state index is -0.540. The Kier molecular flexibility index (Phi) is 4.38. The standard InChI is InChI=1S/C14H12ClN7O2S/c1-7-6-21-11(5-18-20-13(16)17)12(19-14(21)25-7)8-2-3-9(15)10(4-8)22(23)24/h2-6H,1H3,(H4,16,17,20)/b18-5+. The molecule has 9 nitrogen and oxygen atoms in total. The van der Waals surface area contributed by atoms with Crippen molar-refractivity contribution in [3.8, 4) is 11.3 Å². The van der Waals surface area contributed by atoms with Gasteiger partial charge in [-0.15, -0.1) is 16.4 Å². The third kappa shape index (κ3) is 3.30. The van der Waals surface area contributed by atoms with E-state index in [1.165, 1.54) is 29.7 Å². The Labute approximate surface area is 150 Å². The van der Waals surface area contributed by atoms with Crippen molar-refractivity contribution < 1.29 is 4.92 Å². The maximum atomic E-state index is 11.1. The van der Waals surface area contributed by atoms with E-state index in [9.17, 15) is 10.1 Å². The molecule has 0 bridgehead atoms. The van der Waals surface area contributed by atoms with Crippen LogP contribution in [0.4, 0.5) is 5.69 Å². The number of aryl methyl sites for hydroxylation is 1. The van der Waals surface area contributed by atoms with Gasteiger partial charge in [0.25, 0.3) is 5.69 Å². The number of thiazole rings is 1. The van der Waals surface area contributed by atoms with Gasteiger partial charge in [-0.2, -0.15) is 5.10 Å². The van der Waals surface area contributed by atoms with Crippen molar-refractivity contribution >= 4 is 45.8 Å². The predicted molar refractivity (Wildman–Crippen MR) is 98.3 cm³/mol. The third-order valence-corrected chi connectivity index (χ3v) is 4.47. The first-order valence-electron chi connectivity index (χ1n) is 6.91. The summed E-state index contributed by atoms with van der Waals surface area (Å²) in [6.45, 7) is 1.95. The number of guanidine groups is 1. The molecule has 0 unspecified atom stereocenters. The van der Waals surface area contributed by atoms with E-state index >= 15 is 0 Å². The molecule has 128 valence electrons. The lowest BCUT2D eigenvalue weighted by Gasteiger charge is -2.01. The molecule has 0 radical (unpaired) electrons. The number of nitrogens with zero attached hydrogens (tertiary/aromatic N) is 5. The Morgan fingerprint density at radius 1 is 1.48 bits per heavy atom. The fourth-order valence-electron chi connectivity index (χ4n) is 2.26. The van der Waals surface area contributed by atoms with E-state index in [1.54, 1.807) is 6.07 Å². The molecule has 1 aromatic carbocycles. The summed E-state index contributed by atoms with van der Waals surface area (Å²) in [4.78, 5) is 16.9. The number of nitrogens with two attached hydrogens (primary N) is 2. The molecule has 25 heavy (non-hydrogen) atoms. The molecular formula is C14H12ClN7O2S. The van der Waals surface area contributed by atoms with E-state index in [0.29, 0.717) is 17.0 Å². The first-order chi connectivity index (χ1) is 11.9. The van der Waals surface area contributed by atoms with Gasteiger partial charge in [0.1, 0.15) is 5.02 Å². The van der Waals surface area contributed by atoms with E-state index in [2.05, 4.69) is 15.2 Å². The highest BCUT2D eigenvalue weighted by molar-refractivity contribution is 7.17. The van der Waals surface area contributed by atoms with Crippen molar-refractivity contribution in [2.75, 3.05) is 0 Å². The third-order valence-electron chi connectivity index (χ3n) is 3.25. The van der Waals surface area contributed by atoms with Gasteiger partial charge in [-0.1, -0.05) is 17.7 Å². The normalized spacial score (nSPS) is 11.3. The van der Waals surface area contributed by atoms with Gasteiger partial charge in [0.2, 0.25) is 5.96 Å². The van der Waals surface area contributed by atoms with Gasteiger partial charge in [-0.25, -0.2) is 4.98 Å². The second-order valence-corrected chi connectivity index (χ2v) is 6.65. The summed E-state index contributed by atoms with van der Waals surface area (Å²) in [6.07, 6.45) is 3.33. The molecule has 0 aliphatic heterocycles. The van der Waals surface area contributed by atoms with Crippen LogP contribution >= 0.6 is 22.9 Å². The van der Waals surface area contributed by atoms with E-state index in [0.717, 1.165) is 9.84 Å². The molecule has 0 amide bonds. The van der Waals surface area contributed by atoms with Crippen LogP contribution in [0.1, 0.15) is 10.6 Å². The SMILES string of the molecule is Cc1cn2c(/C=N/N=C(N)N)c(-c3ccc(Cl)c([N+](=O)[O-])c3)nc2s1. The highest BCUT2D eigenvalue weighted by Crippen LogP contribution is 2.33. The Bertz CT molecular complexity index is 1030. The first kappa shape index (κ1) is 16.9. The van der Waals surface area contributed by atoms with Crippen LogP contribution < -0.4 is 11.5 Å². The van der Waals surface area contributed by atoms with E-state index < -0.39 is 4.92 Å². The average molecular weight is 378 g/mol. The van der Waals surface area contributed by atoms with Gasteiger partial charge in [-0.3, -0.25) is 14.5 Å². The van der Waals surface area contributed by atoms with Crippen LogP contribution in [0, 0.1) is 17.0 Å². The summed E-state index contributed by atoms with van der Waals surface area (Å²) >= 11 is 7.36. The maximum absolute atomic E-state index is 11.1. The molecule has 0 aliphatic carbocycles. The van der Waals surface area contributed by atoms with Crippen LogP contribution in [-0.2, 0) is 0 Å². The first-order valence-corrected chi connectivity index (χ1v) is 8.11. The fourth-order valence-corrected chi connectivity index (χ4v) is 3.28. The van der Waals surface area contributed by atoms with E-state index in [-0.39, 0.29) is 16.7 Å². The number of benzene rings is 1. The molecule has 3 rings (SSSR count). The molecule has 4 N–H and O–H groups in total. The molecule has 0 spiro atoms. The van der Waals surface area contributed by atoms with Crippen molar-refractivity contribution in [3.63, 3.8) is 0 Å². The number of imidazole rings is 1. The van der Waals surface area contributed by atoms with Crippen molar-refractivity contribution in [1.82, 2.24) is 9.38 Å². The molecule has 3 aromatic rings. The van der Waals surface area contributed by atoms with Crippen molar-refractivity contribution in [1.29, 1.82) is 0 Å². The van der Waals surface area contributed by atoms with Crippen molar-refractivity contribution in [2.45, 2.75) is 6.92 Å². The number of fused-ring (bicyclic) bond motifs is 1. The van der Waals surface area contributed by atoms with E-state index in [1.807, 2.05) is 17.5 Å². The zero-order chi connectivity index (χ0) is 18.1. The van der Waals surface area contributed by atoms with Crippen LogP contribution in [0.15, 0.2) is 34.6 Å². The van der Waals surface area contributed by atoms with E-state index in [4.69, 9.17) is 23.1 Å². The quantitative estimate of drug-likeness (QED) is 0.311. The summed E-state index contributed by atoms with van der Waals surface area (Å²) in [7, 11) is 0. The number of halogens is 1. The summed E-state index contributed by atoms with van der Waals surface area (Å²) in [5.74, 6) is -0.179. The minimum Gasteiger partial charge on any atom is -0.369 e. The number of nitro benzene ring substituents is 1. The summed E-state index contributed by atoms with van der Waals surface area (Å²) in [6, 6.07) is 4.50. The number of aromatic nitrogens is 2. The number of hydrogen-bond acceptors (Lipinski definition) is 6. The molecule has 2 aromatic heterocycles. The van der Waals surface area contributed by atoms with Gasteiger partial charge in [0.15, 0.2) is 4.96 Å². The Balaban J connectivity index is 2.20. The Morgan fingerprint density at radius 2 is 2.24 bits per heavy atom. The van der Waals surface area contributed by atoms with Crippen LogP contribution in [0.3, 0.4) is 0 Å². The van der Waals surface area contributed by atoms with Crippen LogP contribution in [-0.4, -0.2) is 26.5 Å². The summed E-state index contributed by atoms with van der Waals surface area (Å²) < 4.78 is 1.82. The monoisotopic (exact) mass is 377 g/mol. The van der Waals surface area contributed by atoms with Gasteiger partial charge in [0, 0.05) is 22.7 Å². The van der Waals surface area contributed by atoms with Crippen molar-refractivity contribution in [3.05, 3.63) is 50.1 Å². The maximum Gasteiger partial charge on any atom is 0.288 e. The topological polar surface area (TPSA) is 137 Å². The molecule has 2 heterocycles. The van der Waals surface area contributed by atoms with Crippen LogP contribution in [0.5, 0.6) is 0 Å². The number of nitro groups is 1. The molecular weight excluding hydrogens is 366 g/mol. The minimum absolute atomic E-state index is 0.0568. The lowest BCUT2D eigenvalue weighted by Crippen LogP contribution is -2.21. The second-order valence-electron chi connectivity index (χ2n) is 5.03. The van der Waals surface area contributed by atoms with Crippen molar-refractivity contribution in [2.24, 2.45) is 21.7 Å². The molecule has 0 fully saturated rings. The Morgan fingerprint density at radius 3 is 2.92 bits per heavy atom. The van der Waals surface area contributed by atoms with Gasteiger partial charge < -0.3 is 11.5 Å². The lowest BCUT2D eigenvalue weighted by molar-refractivity contribution is -0.384. The average Bonchev–Trinajstić information content (AvgIpc) is 3.04. The molecule has 0 saturated heterocycles. The molecule has 11 heteroatoms. The zero-order valence-electron chi connectivity index (χ0n) is 12.9. The number of hydrogen-bond donors (Lipinski definition) is 2. The van der Waals surface area contributed by atoms with Gasteiger partial charge >= 0.3 is 0 Å². The fraction of sp³-hybridized carbons (Fsp3) is 0.0714. The lowest BCUT2D eigenvalue weighted by atomic mass is 10.1. The largest absolute Gasteiger partial charge is 0.369 e. The number of rotatable bonds is 4.